The number of fused-ring (bicyclic) bond motifs is 5. The Bertz CT molecular complexity index is 1230. The topological polar surface area (TPSA) is 142 Å². The lowest BCUT2D eigenvalue weighted by atomic mass is 9.42. The van der Waals surface area contributed by atoms with E-state index in [4.69, 9.17) is 33.2 Å². The summed E-state index contributed by atoms with van der Waals surface area (Å²) in [6.45, 7) is 8.59. The van der Waals surface area contributed by atoms with E-state index < -0.39 is 41.9 Å². The molecular formula is C37H58O11. The molecule has 0 amide bonds. The molecule has 0 unspecified atom stereocenters. The summed E-state index contributed by atoms with van der Waals surface area (Å²) >= 11 is 0. The summed E-state index contributed by atoms with van der Waals surface area (Å²) in [7, 11) is 3.27. The average Bonchev–Trinajstić information content (AvgIpc) is 3.59. The molecule has 7 aliphatic rings. The van der Waals surface area contributed by atoms with Crippen molar-refractivity contribution in [3.63, 3.8) is 0 Å². The molecule has 0 aromatic carbocycles. The van der Waals surface area contributed by atoms with Crippen molar-refractivity contribution in [2.75, 3.05) is 20.8 Å². The van der Waals surface area contributed by atoms with Crippen LogP contribution in [-0.2, 0) is 38.0 Å². The molecule has 11 heteroatoms. The molecule has 0 bridgehead atoms. The van der Waals surface area contributed by atoms with Gasteiger partial charge in [0, 0.05) is 38.6 Å². The minimum Gasteiger partial charge on any atom is -0.458 e. The Morgan fingerprint density at radius 1 is 0.875 bits per heavy atom. The highest BCUT2D eigenvalue weighted by Crippen LogP contribution is 2.70. The fourth-order valence-corrected chi connectivity index (χ4v) is 11.8. The van der Waals surface area contributed by atoms with Crippen LogP contribution in [0.4, 0.5) is 0 Å². The molecule has 272 valence electrons. The van der Waals surface area contributed by atoms with Crippen LogP contribution in [0.2, 0.25) is 0 Å². The molecule has 3 heterocycles. The van der Waals surface area contributed by atoms with E-state index in [1.165, 1.54) is 0 Å². The number of methoxy groups -OCH3 is 2. The van der Waals surface area contributed by atoms with Crippen LogP contribution >= 0.6 is 0 Å². The van der Waals surface area contributed by atoms with Gasteiger partial charge in [-0.1, -0.05) is 13.8 Å². The second-order valence-corrected chi connectivity index (χ2v) is 16.6. The Morgan fingerprint density at radius 2 is 1.58 bits per heavy atom. The van der Waals surface area contributed by atoms with E-state index >= 15 is 0 Å². The first-order valence-corrected chi connectivity index (χ1v) is 18.4. The highest BCUT2D eigenvalue weighted by Gasteiger charge is 2.70. The van der Waals surface area contributed by atoms with Crippen LogP contribution in [0.15, 0.2) is 11.6 Å². The highest BCUT2D eigenvalue weighted by atomic mass is 16.7. The molecule has 7 rings (SSSR count). The van der Waals surface area contributed by atoms with E-state index in [-0.39, 0.29) is 59.7 Å². The van der Waals surface area contributed by atoms with E-state index in [0.717, 1.165) is 44.1 Å². The molecule has 2 saturated heterocycles. The Balaban J connectivity index is 0.984. The third kappa shape index (κ3) is 5.71. The number of aliphatic hydroxyl groups is 3. The first kappa shape index (κ1) is 35.3. The van der Waals surface area contributed by atoms with Crippen molar-refractivity contribution >= 4 is 5.97 Å². The van der Waals surface area contributed by atoms with Crippen molar-refractivity contribution in [3.8, 4) is 0 Å². The van der Waals surface area contributed by atoms with Crippen LogP contribution in [0.3, 0.4) is 0 Å². The van der Waals surface area contributed by atoms with E-state index in [0.29, 0.717) is 38.2 Å². The number of ether oxygens (including phenoxy) is 7. The van der Waals surface area contributed by atoms with Gasteiger partial charge in [0.1, 0.15) is 18.8 Å². The van der Waals surface area contributed by atoms with Gasteiger partial charge < -0.3 is 48.5 Å². The Kier molecular flexibility index (Phi) is 9.64. The molecule has 3 N–H and O–H groups in total. The van der Waals surface area contributed by atoms with Gasteiger partial charge in [-0.25, -0.2) is 4.79 Å². The largest absolute Gasteiger partial charge is 0.458 e. The van der Waals surface area contributed by atoms with Gasteiger partial charge in [-0.3, -0.25) is 0 Å². The molecule has 0 spiro atoms. The van der Waals surface area contributed by atoms with Gasteiger partial charge in [0.15, 0.2) is 12.6 Å². The molecule has 3 aliphatic heterocycles. The lowest BCUT2D eigenvalue weighted by Gasteiger charge is -2.65. The predicted octanol–water partition coefficient (Wildman–Crippen LogP) is 3.65. The summed E-state index contributed by atoms with van der Waals surface area (Å²) in [5.41, 5.74) is -0.478. The van der Waals surface area contributed by atoms with Gasteiger partial charge in [-0.05, 0) is 99.9 Å². The molecule has 0 aromatic heterocycles. The number of hydrogen-bond acceptors (Lipinski definition) is 11. The molecule has 4 saturated carbocycles. The van der Waals surface area contributed by atoms with Gasteiger partial charge in [0.25, 0.3) is 0 Å². The highest BCUT2D eigenvalue weighted by molar-refractivity contribution is 5.85. The molecule has 0 radical (unpaired) electrons. The summed E-state index contributed by atoms with van der Waals surface area (Å²) in [6, 6.07) is 0. The maximum atomic E-state index is 12.5. The fraction of sp³-hybridized carbons (Fsp3) is 0.919. The number of cyclic esters (lactones) is 1. The predicted molar refractivity (Wildman–Crippen MR) is 172 cm³/mol. The van der Waals surface area contributed by atoms with Crippen LogP contribution in [0, 0.1) is 34.5 Å². The number of hydrogen-bond donors (Lipinski definition) is 3. The molecule has 17 atom stereocenters. The van der Waals surface area contributed by atoms with Crippen molar-refractivity contribution in [1.29, 1.82) is 0 Å². The third-order valence-corrected chi connectivity index (χ3v) is 14.4. The van der Waals surface area contributed by atoms with Crippen molar-refractivity contribution in [1.82, 2.24) is 0 Å². The van der Waals surface area contributed by atoms with Crippen molar-refractivity contribution in [2.45, 2.75) is 159 Å². The second kappa shape index (κ2) is 13.1. The number of carbonyl (C=O) groups is 1. The zero-order valence-corrected chi connectivity index (χ0v) is 29.5. The maximum absolute atomic E-state index is 12.5. The van der Waals surface area contributed by atoms with E-state index in [1.54, 1.807) is 20.3 Å². The zero-order chi connectivity index (χ0) is 34.2. The van der Waals surface area contributed by atoms with E-state index in [9.17, 15) is 20.1 Å². The van der Waals surface area contributed by atoms with Gasteiger partial charge in [0.2, 0.25) is 0 Å². The van der Waals surface area contributed by atoms with Gasteiger partial charge in [-0.15, -0.1) is 0 Å². The lowest BCUT2D eigenvalue weighted by Crippen LogP contribution is -2.66. The lowest BCUT2D eigenvalue weighted by molar-refractivity contribution is -0.321. The maximum Gasteiger partial charge on any atom is 0.331 e. The zero-order valence-electron chi connectivity index (χ0n) is 29.5. The Morgan fingerprint density at radius 3 is 2.29 bits per heavy atom. The number of esters is 1. The standard InChI is InChI=1S/C37H58O11/c1-19-33(40)27(42-5)15-31(45-19)48-34-20(2)46-30(16-28(34)43-6)47-23-9-11-35(3)22(14-23)7-8-25-32(35)26(38)17-36(4)24(10-12-37(25,36)41)21-13-29(39)44-18-21/h13,19-20,22-28,30-34,38,40-41H,7-12,14-18H2,1-6H3/t19-,20-,22-,23+,24-,25+,26-,27+,28-,30+,31+,32-,33-,34-,35+,36-,37+/m1/s1. The van der Waals surface area contributed by atoms with E-state index in [1.807, 2.05) is 13.8 Å². The monoisotopic (exact) mass is 678 g/mol. The molecule has 6 fully saturated rings. The number of carbonyl (C=O) groups excluding carboxylic acids is 1. The van der Waals surface area contributed by atoms with Gasteiger partial charge in [0.05, 0.1) is 42.2 Å². The molecule has 4 aliphatic carbocycles. The minimum absolute atomic E-state index is 0.0223. The van der Waals surface area contributed by atoms with Crippen molar-refractivity contribution in [3.05, 3.63) is 11.6 Å². The average molecular weight is 679 g/mol. The van der Waals surface area contributed by atoms with Gasteiger partial charge >= 0.3 is 5.97 Å². The van der Waals surface area contributed by atoms with Crippen LogP contribution in [-0.4, -0.2) is 109 Å². The summed E-state index contributed by atoms with van der Waals surface area (Å²) in [5, 5.41) is 34.8. The van der Waals surface area contributed by atoms with Crippen molar-refractivity contribution in [2.24, 2.45) is 34.5 Å². The summed E-state index contributed by atoms with van der Waals surface area (Å²) in [5.74, 6) is 0.177. The smallest absolute Gasteiger partial charge is 0.331 e. The Hall–Kier alpha value is -1.15. The fourth-order valence-electron chi connectivity index (χ4n) is 11.8. The van der Waals surface area contributed by atoms with Gasteiger partial charge in [-0.2, -0.15) is 0 Å². The quantitative estimate of drug-likeness (QED) is 0.268. The molecular weight excluding hydrogens is 620 g/mol. The second-order valence-electron chi connectivity index (χ2n) is 16.6. The van der Waals surface area contributed by atoms with Crippen LogP contribution in [0.5, 0.6) is 0 Å². The van der Waals surface area contributed by atoms with E-state index in [2.05, 4.69) is 13.8 Å². The first-order valence-electron chi connectivity index (χ1n) is 18.4. The SMILES string of the molecule is CO[C@H]1C[C@H](O[C@@H]2[C@@H](C)O[C@@H](O[C@H]3CC[C@@]4(C)[C@H](CC[C@H]5[C@@H]4[C@H](O)C[C@]4(C)[C@@H](C6=CC(=O)OC6)CC[C@]54O)C3)C[C@H]2OC)O[C@H](C)[C@H]1O. The van der Waals surface area contributed by atoms with Crippen LogP contribution in [0.25, 0.3) is 0 Å². The van der Waals surface area contributed by atoms with Crippen molar-refractivity contribution < 1.29 is 53.3 Å². The minimum atomic E-state index is -0.875. The summed E-state index contributed by atoms with van der Waals surface area (Å²) in [4.78, 5) is 11.9. The number of aliphatic hydroxyl groups excluding tert-OH is 2. The molecule has 11 nitrogen and oxygen atoms in total. The summed E-state index contributed by atoms with van der Waals surface area (Å²) < 4.78 is 42.0. The first-order chi connectivity index (χ1) is 22.8. The third-order valence-electron chi connectivity index (χ3n) is 14.4. The molecule has 48 heavy (non-hydrogen) atoms. The Labute approximate surface area is 284 Å². The summed E-state index contributed by atoms with van der Waals surface area (Å²) in [6.07, 6.45) is 5.38. The number of rotatable bonds is 7. The van der Waals surface area contributed by atoms with Crippen LogP contribution < -0.4 is 0 Å². The normalized spacial score (nSPS) is 53.8. The van der Waals surface area contributed by atoms with Crippen LogP contribution in [0.1, 0.15) is 91.9 Å². The molecule has 0 aromatic rings.